The first-order valence-electron chi connectivity index (χ1n) is 6.82. The highest BCUT2D eigenvalue weighted by atomic mass is 32.2. The minimum Gasteiger partial charge on any atom is -0.497 e. The van der Waals surface area contributed by atoms with Gasteiger partial charge in [-0.1, -0.05) is 12.1 Å². The number of nitrogens with one attached hydrogen (secondary N) is 1. The summed E-state index contributed by atoms with van der Waals surface area (Å²) in [6.07, 6.45) is 0. The van der Waals surface area contributed by atoms with Gasteiger partial charge in [-0.05, 0) is 36.4 Å². The highest BCUT2D eigenvalue weighted by Gasteiger charge is 2.19. The van der Waals surface area contributed by atoms with Crippen molar-refractivity contribution in [1.82, 2.24) is 4.90 Å². The topological polar surface area (TPSA) is 75.7 Å². The fourth-order valence-corrected chi connectivity index (χ4v) is 3.04. The molecule has 122 valence electrons. The number of hydrogen-bond donors (Lipinski definition) is 1. The number of nitrogens with zero attached hydrogens (tertiary/aromatic N) is 1. The predicted molar refractivity (Wildman–Crippen MR) is 88.3 cm³/mol. The number of hydrogen-bond acceptors (Lipinski definition) is 4. The summed E-state index contributed by atoms with van der Waals surface area (Å²) in [6.45, 7) is 0. The molecule has 2 aromatic carbocycles. The van der Waals surface area contributed by atoms with Crippen LogP contribution in [-0.2, 0) is 10.0 Å². The third kappa shape index (κ3) is 3.81. The number of carbonyl (C=O) groups is 1. The van der Waals surface area contributed by atoms with Crippen molar-refractivity contribution in [1.29, 1.82) is 0 Å². The molecule has 0 unspecified atom stereocenters. The van der Waals surface area contributed by atoms with Gasteiger partial charge in [0, 0.05) is 14.1 Å². The standard InChI is InChI=1S/C16H18N2O4S/c1-18(2)16(19)14-6-4-5-7-15(14)17-23(20,21)13-10-8-12(22-3)9-11-13/h4-11,17H,1-3H3. The SMILES string of the molecule is COc1ccc(S(=O)(=O)Nc2ccccc2C(=O)N(C)C)cc1. The number of carbonyl (C=O) groups excluding carboxylic acids is 1. The van der Waals surface area contributed by atoms with E-state index in [9.17, 15) is 13.2 Å². The number of ether oxygens (including phenoxy) is 1. The fraction of sp³-hybridized carbons (Fsp3) is 0.188. The Balaban J connectivity index is 2.35. The van der Waals surface area contributed by atoms with Gasteiger partial charge in [0.1, 0.15) is 5.75 Å². The van der Waals surface area contributed by atoms with Gasteiger partial charge in [0.25, 0.3) is 15.9 Å². The van der Waals surface area contributed by atoms with Crippen LogP contribution in [0.1, 0.15) is 10.4 Å². The number of amides is 1. The summed E-state index contributed by atoms with van der Waals surface area (Å²) in [5.74, 6) is 0.283. The molecular formula is C16H18N2O4S. The number of rotatable bonds is 5. The molecule has 2 aromatic rings. The van der Waals surface area contributed by atoms with E-state index in [1.807, 2.05) is 0 Å². The number of benzene rings is 2. The quantitative estimate of drug-likeness (QED) is 0.909. The van der Waals surface area contributed by atoms with E-state index in [0.29, 0.717) is 5.75 Å². The van der Waals surface area contributed by atoms with Crippen LogP contribution in [0.15, 0.2) is 53.4 Å². The first-order valence-corrected chi connectivity index (χ1v) is 8.31. The summed E-state index contributed by atoms with van der Waals surface area (Å²) in [5.41, 5.74) is 0.525. The number of anilines is 1. The molecule has 0 spiro atoms. The molecule has 0 atom stereocenters. The van der Waals surface area contributed by atoms with Crippen molar-refractivity contribution in [2.24, 2.45) is 0 Å². The molecule has 0 radical (unpaired) electrons. The van der Waals surface area contributed by atoms with Crippen LogP contribution in [0, 0.1) is 0 Å². The van der Waals surface area contributed by atoms with Gasteiger partial charge in [-0.3, -0.25) is 9.52 Å². The normalized spacial score (nSPS) is 10.9. The van der Waals surface area contributed by atoms with E-state index < -0.39 is 10.0 Å². The van der Waals surface area contributed by atoms with E-state index in [1.54, 1.807) is 50.5 Å². The second-order valence-electron chi connectivity index (χ2n) is 5.03. The molecule has 0 saturated heterocycles. The molecule has 2 rings (SSSR count). The third-order valence-electron chi connectivity index (χ3n) is 3.18. The van der Waals surface area contributed by atoms with Gasteiger partial charge in [0.2, 0.25) is 0 Å². The molecule has 0 heterocycles. The largest absolute Gasteiger partial charge is 0.497 e. The molecule has 0 aliphatic carbocycles. The van der Waals surface area contributed by atoms with Crippen molar-refractivity contribution in [3.8, 4) is 5.75 Å². The van der Waals surface area contributed by atoms with Gasteiger partial charge in [-0.15, -0.1) is 0 Å². The second-order valence-corrected chi connectivity index (χ2v) is 6.71. The van der Waals surface area contributed by atoms with Crippen molar-refractivity contribution in [3.05, 3.63) is 54.1 Å². The highest BCUT2D eigenvalue weighted by molar-refractivity contribution is 7.92. The van der Waals surface area contributed by atoms with E-state index in [1.165, 1.54) is 24.1 Å². The van der Waals surface area contributed by atoms with E-state index in [2.05, 4.69) is 4.72 Å². The van der Waals surface area contributed by atoms with Gasteiger partial charge in [0.05, 0.1) is 23.3 Å². The van der Waals surface area contributed by atoms with Crippen molar-refractivity contribution in [2.45, 2.75) is 4.90 Å². The smallest absolute Gasteiger partial charge is 0.261 e. The second kappa shape index (κ2) is 6.70. The van der Waals surface area contributed by atoms with Crippen LogP contribution in [0.25, 0.3) is 0 Å². The number of sulfonamides is 1. The average Bonchev–Trinajstić information content (AvgIpc) is 2.54. The van der Waals surface area contributed by atoms with E-state index >= 15 is 0 Å². The molecular weight excluding hydrogens is 316 g/mol. The minimum atomic E-state index is -3.80. The van der Waals surface area contributed by atoms with Gasteiger partial charge in [0.15, 0.2) is 0 Å². The Hall–Kier alpha value is -2.54. The summed E-state index contributed by atoms with van der Waals surface area (Å²) in [5, 5.41) is 0. The fourth-order valence-electron chi connectivity index (χ4n) is 1.96. The van der Waals surface area contributed by atoms with Crippen LogP contribution in [0.2, 0.25) is 0 Å². The van der Waals surface area contributed by atoms with E-state index in [0.717, 1.165) is 0 Å². The molecule has 0 aliphatic heterocycles. The zero-order chi connectivity index (χ0) is 17.0. The molecule has 0 aromatic heterocycles. The molecule has 1 amide bonds. The van der Waals surface area contributed by atoms with Crippen LogP contribution in [0.3, 0.4) is 0 Å². The van der Waals surface area contributed by atoms with E-state index in [4.69, 9.17) is 4.74 Å². The number of para-hydroxylation sites is 1. The summed E-state index contributed by atoms with van der Waals surface area (Å²) >= 11 is 0. The first kappa shape index (κ1) is 16.8. The Labute approximate surface area is 135 Å². The Morgan fingerprint density at radius 1 is 1.04 bits per heavy atom. The zero-order valence-corrected chi connectivity index (χ0v) is 13.9. The van der Waals surface area contributed by atoms with Crippen molar-refractivity contribution in [2.75, 3.05) is 25.9 Å². The predicted octanol–water partition coefficient (Wildman–Crippen LogP) is 2.20. The molecule has 0 bridgehead atoms. The Morgan fingerprint density at radius 3 is 2.22 bits per heavy atom. The van der Waals surface area contributed by atoms with E-state index in [-0.39, 0.29) is 22.1 Å². The number of methoxy groups -OCH3 is 1. The van der Waals surface area contributed by atoms with Crippen molar-refractivity contribution in [3.63, 3.8) is 0 Å². The lowest BCUT2D eigenvalue weighted by Gasteiger charge is -2.15. The Morgan fingerprint density at radius 2 is 1.65 bits per heavy atom. The van der Waals surface area contributed by atoms with Gasteiger partial charge in [-0.2, -0.15) is 0 Å². The molecule has 0 aliphatic rings. The summed E-state index contributed by atoms with van der Waals surface area (Å²) in [4.78, 5) is 13.6. The first-order chi connectivity index (χ1) is 10.8. The van der Waals surface area contributed by atoms with Crippen LogP contribution < -0.4 is 9.46 Å². The van der Waals surface area contributed by atoms with Crippen LogP contribution >= 0.6 is 0 Å². The minimum absolute atomic E-state index is 0.0883. The lowest BCUT2D eigenvalue weighted by Crippen LogP contribution is -2.24. The molecule has 6 nitrogen and oxygen atoms in total. The lowest BCUT2D eigenvalue weighted by molar-refractivity contribution is 0.0828. The Kier molecular flexibility index (Phi) is 4.90. The van der Waals surface area contributed by atoms with Gasteiger partial charge >= 0.3 is 0 Å². The average molecular weight is 334 g/mol. The van der Waals surface area contributed by atoms with Gasteiger partial charge < -0.3 is 9.64 Å². The van der Waals surface area contributed by atoms with Crippen LogP contribution in [0.5, 0.6) is 5.75 Å². The summed E-state index contributed by atoms with van der Waals surface area (Å²) < 4.78 is 32.4. The zero-order valence-electron chi connectivity index (χ0n) is 13.1. The lowest BCUT2D eigenvalue weighted by atomic mass is 10.1. The van der Waals surface area contributed by atoms with Gasteiger partial charge in [-0.25, -0.2) is 8.42 Å². The molecule has 1 N–H and O–H groups in total. The third-order valence-corrected chi connectivity index (χ3v) is 4.56. The molecule has 7 heteroatoms. The maximum Gasteiger partial charge on any atom is 0.261 e. The molecule has 0 saturated carbocycles. The maximum absolute atomic E-state index is 12.5. The van der Waals surface area contributed by atoms with Crippen molar-refractivity contribution >= 4 is 21.6 Å². The monoisotopic (exact) mass is 334 g/mol. The van der Waals surface area contributed by atoms with Crippen molar-refractivity contribution < 1.29 is 17.9 Å². The summed E-state index contributed by atoms with van der Waals surface area (Å²) in [6, 6.07) is 12.5. The van der Waals surface area contributed by atoms with Crippen LogP contribution in [-0.4, -0.2) is 40.4 Å². The van der Waals surface area contributed by atoms with Crippen LogP contribution in [0.4, 0.5) is 5.69 Å². The highest BCUT2D eigenvalue weighted by Crippen LogP contribution is 2.22. The molecule has 23 heavy (non-hydrogen) atoms. The maximum atomic E-state index is 12.5. The summed E-state index contributed by atoms with van der Waals surface area (Å²) in [7, 11) is 0.925. The molecule has 0 fully saturated rings. The Bertz CT molecular complexity index is 799.